The average Bonchev–Trinajstić information content (AvgIpc) is 2.42. The molecule has 0 saturated heterocycles. The molecule has 1 rings (SSSR count). The van der Waals surface area contributed by atoms with Crippen LogP contribution >= 0.6 is 0 Å². The van der Waals surface area contributed by atoms with Crippen molar-refractivity contribution in [2.45, 2.75) is 64.3 Å². The highest BCUT2D eigenvalue weighted by Gasteiger charge is 2.44. The molecule has 1 aliphatic rings. The van der Waals surface area contributed by atoms with Gasteiger partial charge >= 0.3 is 5.97 Å². The second kappa shape index (κ2) is 6.37. The molecule has 0 spiro atoms. The number of hydrogen-bond donors (Lipinski definition) is 3. The Kier molecular flexibility index (Phi) is 5.35. The standard InChI is InChI=1S/C14H26N2O3/c1-3-13(4-2,10-15)11(17)16-14(12(18)19)8-6-5-7-9-14/h3-10,15H2,1-2H3,(H,16,17)(H,18,19). The summed E-state index contributed by atoms with van der Waals surface area (Å²) in [6.07, 6.45) is 5.02. The van der Waals surface area contributed by atoms with Crippen LogP contribution in [-0.4, -0.2) is 29.1 Å². The minimum atomic E-state index is -1.08. The fraction of sp³-hybridized carbons (Fsp3) is 0.857. The number of carbonyl (C=O) groups excluding carboxylic acids is 1. The molecule has 4 N–H and O–H groups in total. The van der Waals surface area contributed by atoms with E-state index in [0.717, 1.165) is 19.3 Å². The Bertz CT molecular complexity index is 323. The smallest absolute Gasteiger partial charge is 0.329 e. The lowest BCUT2D eigenvalue weighted by molar-refractivity contribution is -0.151. The molecule has 5 heteroatoms. The van der Waals surface area contributed by atoms with Crippen LogP contribution in [0.15, 0.2) is 0 Å². The first-order valence-electron chi connectivity index (χ1n) is 7.22. The van der Waals surface area contributed by atoms with Gasteiger partial charge in [-0.1, -0.05) is 33.1 Å². The summed E-state index contributed by atoms with van der Waals surface area (Å²) in [5.74, 6) is -1.12. The van der Waals surface area contributed by atoms with Crippen molar-refractivity contribution < 1.29 is 14.7 Å². The quantitative estimate of drug-likeness (QED) is 0.684. The van der Waals surface area contributed by atoms with Crippen molar-refractivity contribution in [3.63, 3.8) is 0 Å². The first kappa shape index (κ1) is 16.0. The Morgan fingerprint density at radius 1 is 1.21 bits per heavy atom. The van der Waals surface area contributed by atoms with E-state index in [-0.39, 0.29) is 12.5 Å². The maximum absolute atomic E-state index is 12.5. The van der Waals surface area contributed by atoms with E-state index in [4.69, 9.17) is 5.73 Å². The molecule has 19 heavy (non-hydrogen) atoms. The van der Waals surface area contributed by atoms with Crippen molar-refractivity contribution in [3.8, 4) is 0 Å². The van der Waals surface area contributed by atoms with Crippen LogP contribution in [0.25, 0.3) is 0 Å². The summed E-state index contributed by atoms with van der Waals surface area (Å²) < 4.78 is 0. The molecular weight excluding hydrogens is 244 g/mol. The second-order valence-corrected chi connectivity index (χ2v) is 5.59. The molecule has 0 aliphatic heterocycles. The molecule has 5 nitrogen and oxygen atoms in total. The van der Waals surface area contributed by atoms with Crippen LogP contribution in [0, 0.1) is 5.41 Å². The predicted molar refractivity (Wildman–Crippen MR) is 73.7 cm³/mol. The van der Waals surface area contributed by atoms with E-state index in [1.807, 2.05) is 13.8 Å². The average molecular weight is 270 g/mol. The Hall–Kier alpha value is -1.10. The van der Waals surface area contributed by atoms with E-state index >= 15 is 0 Å². The van der Waals surface area contributed by atoms with Crippen LogP contribution in [0.4, 0.5) is 0 Å². The molecule has 0 unspecified atom stereocenters. The summed E-state index contributed by atoms with van der Waals surface area (Å²) in [7, 11) is 0. The zero-order valence-electron chi connectivity index (χ0n) is 12.0. The van der Waals surface area contributed by atoms with Gasteiger partial charge in [-0.05, 0) is 25.7 Å². The van der Waals surface area contributed by atoms with Gasteiger partial charge in [0.1, 0.15) is 5.54 Å². The zero-order valence-corrected chi connectivity index (χ0v) is 12.0. The van der Waals surface area contributed by atoms with Crippen molar-refractivity contribution in [2.75, 3.05) is 6.54 Å². The molecule has 1 amide bonds. The monoisotopic (exact) mass is 270 g/mol. The van der Waals surface area contributed by atoms with Crippen molar-refractivity contribution >= 4 is 11.9 Å². The van der Waals surface area contributed by atoms with Gasteiger partial charge in [-0.2, -0.15) is 0 Å². The number of carboxylic acids is 1. The number of aliphatic carboxylic acids is 1. The van der Waals surface area contributed by atoms with Gasteiger partial charge < -0.3 is 16.2 Å². The number of nitrogens with two attached hydrogens (primary N) is 1. The Labute approximate surface area is 114 Å². The number of carboxylic acid groups (broad SMARTS) is 1. The summed E-state index contributed by atoms with van der Waals surface area (Å²) >= 11 is 0. The zero-order chi connectivity index (χ0) is 14.5. The maximum atomic E-state index is 12.5. The molecular formula is C14H26N2O3. The Balaban J connectivity index is 2.90. The topological polar surface area (TPSA) is 92.4 Å². The third-order valence-corrected chi connectivity index (χ3v) is 4.70. The highest BCUT2D eigenvalue weighted by atomic mass is 16.4. The first-order valence-corrected chi connectivity index (χ1v) is 7.22. The molecule has 0 bridgehead atoms. The van der Waals surface area contributed by atoms with Crippen LogP contribution in [0.2, 0.25) is 0 Å². The van der Waals surface area contributed by atoms with Gasteiger partial charge in [0.25, 0.3) is 0 Å². The first-order chi connectivity index (χ1) is 8.96. The molecule has 110 valence electrons. The largest absolute Gasteiger partial charge is 0.480 e. The van der Waals surface area contributed by atoms with Crippen LogP contribution in [-0.2, 0) is 9.59 Å². The third-order valence-electron chi connectivity index (χ3n) is 4.70. The number of amides is 1. The lowest BCUT2D eigenvalue weighted by Gasteiger charge is -2.38. The molecule has 0 heterocycles. The Morgan fingerprint density at radius 2 is 1.74 bits per heavy atom. The second-order valence-electron chi connectivity index (χ2n) is 5.59. The van der Waals surface area contributed by atoms with Gasteiger partial charge in [-0.3, -0.25) is 4.79 Å². The minimum Gasteiger partial charge on any atom is -0.480 e. The van der Waals surface area contributed by atoms with E-state index in [9.17, 15) is 14.7 Å². The number of rotatable bonds is 6. The molecule has 1 aliphatic carbocycles. The summed E-state index contributed by atoms with van der Waals surface area (Å²) in [6, 6.07) is 0. The molecule has 0 radical (unpaired) electrons. The van der Waals surface area contributed by atoms with Crippen molar-refractivity contribution in [2.24, 2.45) is 11.1 Å². The molecule has 0 aromatic carbocycles. The number of carbonyl (C=O) groups is 2. The SMILES string of the molecule is CCC(CC)(CN)C(=O)NC1(C(=O)O)CCCCC1. The molecule has 0 aromatic heterocycles. The highest BCUT2D eigenvalue weighted by molar-refractivity contribution is 5.90. The van der Waals surface area contributed by atoms with Crippen molar-refractivity contribution in [1.82, 2.24) is 5.32 Å². The van der Waals surface area contributed by atoms with Crippen LogP contribution in [0.3, 0.4) is 0 Å². The molecule has 1 fully saturated rings. The number of nitrogens with one attached hydrogen (secondary N) is 1. The highest BCUT2D eigenvalue weighted by Crippen LogP contribution is 2.32. The van der Waals surface area contributed by atoms with E-state index in [1.165, 1.54) is 0 Å². The van der Waals surface area contributed by atoms with E-state index in [2.05, 4.69) is 5.32 Å². The van der Waals surface area contributed by atoms with E-state index in [1.54, 1.807) is 0 Å². The summed E-state index contributed by atoms with van der Waals surface area (Å²) in [5, 5.41) is 12.3. The third kappa shape index (κ3) is 3.08. The normalized spacial score (nSPS) is 18.9. The summed E-state index contributed by atoms with van der Waals surface area (Å²) in [6.45, 7) is 4.09. The molecule has 1 saturated carbocycles. The van der Waals surface area contributed by atoms with Gasteiger partial charge in [0.2, 0.25) is 5.91 Å². The van der Waals surface area contributed by atoms with Crippen LogP contribution < -0.4 is 11.1 Å². The van der Waals surface area contributed by atoms with Gasteiger partial charge in [0.15, 0.2) is 0 Å². The molecule has 0 aromatic rings. The molecule has 0 atom stereocenters. The predicted octanol–water partition coefficient (Wildman–Crippen LogP) is 1.66. The van der Waals surface area contributed by atoms with Crippen molar-refractivity contribution in [3.05, 3.63) is 0 Å². The van der Waals surface area contributed by atoms with Crippen LogP contribution in [0.5, 0.6) is 0 Å². The lowest BCUT2D eigenvalue weighted by Crippen LogP contribution is -2.60. The lowest BCUT2D eigenvalue weighted by atomic mass is 9.77. The number of hydrogen-bond acceptors (Lipinski definition) is 3. The fourth-order valence-electron chi connectivity index (χ4n) is 2.85. The maximum Gasteiger partial charge on any atom is 0.329 e. The van der Waals surface area contributed by atoms with E-state index < -0.39 is 16.9 Å². The van der Waals surface area contributed by atoms with E-state index in [0.29, 0.717) is 25.7 Å². The van der Waals surface area contributed by atoms with Gasteiger partial charge in [0.05, 0.1) is 5.41 Å². The fourth-order valence-corrected chi connectivity index (χ4v) is 2.85. The van der Waals surface area contributed by atoms with Gasteiger partial charge in [0, 0.05) is 6.54 Å². The summed E-state index contributed by atoms with van der Waals surface area (Å²) in [5.41, 5.74) is 4.02. The van der Waals surface area contributed by atoms with Crippen molar-refractivity contribution in [1.29, 1.82) is 0 Å². The van der Waals surface area contributed by atoms with Gasteiger partial charge in [-0.15, -0.1) is 0 Å². The Morgan fingerprint density at radius 3 is 2.11 bits per heavy atom. The van der Waals surface area contributed by atoms with Crippen LogP contribution in [0.1, 0.15) is 58.8 Å². The minimum absolute atomic E-state index is 0.204. The van der Waals surface area contributed by atoms with Gasteiger partial charge in [-0.25, -0.2) is 4.79 Å². The summed E-state index contributed by atoms with van der Waals surface area (Å²) in [4.78, 5) is 24.0.